The van der Waals surface area contributed by atoms with Crippen LogP contribution in [0.1, 0.15) is 11.5 Å². The molecule has 2 nitrogen and oxygen atoms in total. The zero-order valence-corrected chi connectivity index (χ0v) is 12.5. The minimum atomic E-state index is 0.431. The zero-order chi connectivity index (χ0) is 13.5. The second-order valence-electron chi connectivity index (χ2n) is 5.19. The van der Waals surface area contributed by atoms with E-state index in [0.717, 1.165) is 23.4 Å². The number of halogens is 1. The summed E-state index contributed by atoms with van der Waals surface area (Å²) < 4.78 is 9.24. The average molecular weight is 328 g/mol. The van der Waals surface area contributed by atoms with Crippen LogP contribution in [0, 0.1) is 0 Å². The highest BCUT2D eigenvalue weighted by atomic mass is 79.9. The van der Waals surface area contributed by atoms with Crippen molar-refractivity contribution in [1.82, 2.24) is 4.57 Å². The third-order valence-electron chi connectivity index (χ3n) is 3.98. The Bertz CT molecular complexity index is 778. The van der Waals surface area contributed by atoms with E-state index >= 15 is 0 Å². The van der Waals surface area contributed by atoms with Crippen LogP contribution in [0.4, 0.5) is 0 Å². The Balaban J connectivity index is 1.71. The first-order valence-corrected chi connectivity index (χ1v) is 7.57. The molecule has 1 unspecified atom stereocenters. The summed E-state index contributed by atoms with van der Waals surface area (Å²) in [7, 11) is 0. The van der Waals surface area contributed by atoms with Crippen molar-refractivity contribution in [2.24, 2.45) is 0 Å². The summed E-state index contributed by atoms with van der Waals surface area (Å²) in [4.78, 5) is 0. The van der Waals surface area contributed by atoms with Crippen molar-refractivity contribution >= 4 is 26.8 Å². The van der Waals surface area contributed by atoms with Gasteiger partial charge in [-0.15, -0.1) is 0 Å². The molecular formula is C17H14BrNO. The van der Waals surface area contributed by atoms with Gasteiger partial charge < -0.3 is 9.30 Å². The number of hydrogen-bond acceptors (Lipinski definition) is 1. The summed E-state index contributed by atoms with van der Waals surface area (Å²) in [5.74, 6) is 1.47. The number of rotatable bonds is 2. The molecule has 0 radical (unpaired) electrons. The molecule has 20 heavy (non-hydrogen) atoms. The summed E-state index contributed by atoms with van der Waals surface area (Å²) in [6.07, 6.45) is 2.16. The Morgan fingerprint density at radius 3 is 2.95 bits per heavy atom. The number of aromatic nitrogens is 1. The molecule has 1 aromatic heterocycles. The number of ether oxygens (including phenoxy) is 1. The molecule has 2 aromatic carbocycles. The van der Waals surface area contributed by atoms with E-state index in [1.807, 2.05) is 6.07 Å². The first-order valence-electron chi connectivity index (χ1n) is 6.78. The Kier molecular flexibility index (Phi) is 2.81. The van der Waals surface area contributed by atoms with Gasteiger partial charge in [-0.2, -0.15) is 0 Å². The Morgan fingerprint density at radius 1 is 1.10 bits per heavy atom. The van der Waals surface area contributed by atoms with E-state index in [0.29, 0.717) is 5.92 Å². The first-order chi connectivity index (χ1) is 9.83. The quantitative estimate of drug-likeness (QED) is 0.672. The van der Waals surface area contributed by atoms with Crippen LogP contribution >= 0.6 is 15.9 Å². The van der Waals surface area contributed by atoms with Gasteiger partial charge in [0.25, 0.3) is 0 Å². The molecule has 2 heterocycles. The smallest absolute Gasteiger partial charge is 0.122 e. The Labute approximate surface area is 126 Å². The minimum Gasteiger partial charge on any atom is -0.493 e. The van der Waals surface area contributed by atoms with Gasteiger partial charge in [0.15, 0.2) is 0 Å². The summed E-state index contributed by atoms with van der Waals surface area (Å²) in [5, 5.41) is 1.26. The molecule has 100 valence electrons. The SMILES string of the molecule is Brc1cccc2c1ccn2CC1COc2ccccc21. The van der Waals surface area contributed by atoms with E-state index in [-0.39, 0.29) is 0 Å². The fourth-order valence-corrected chi connectivity index (χ4v) is 3.45. The molecule has 1 aliphatic rings. The lowest BCUT2D eigenvalue weighted by Crippen LogP contribution is -2.09. The highest BCUT2D eigenvalue weighted by Gasteiger charge is 2.24. The molecule has 0 N–H and O–H groups in total. The fraction of sp³-hybridized carbons (Fsp3) is 0.176. The molecule has 0 bridgehead atoms. The molecular weight excluding hydrogens is 314 g/mol. The highest BCUT2D eigenvalue weighted by Crippen LogP contribution is 2.35. The summed E-state index contributed by atoms with van der Waals surface area (Å²) in [5.41, 5.74) is 2.59. The van der Waals surface area contributed by atoms with Crippen molar-refractivity contribution in [3.63, 3.8) is 0 Å². The van der Waals surface area contributed by atoms with Crippen LogP contribution in [-0.4, -0.2) is 11.2 Å². The van der Waals surface area contributed by atoms with E-state index in [4.69, 9.17) is 4.74 Å². The summed E-state index contributed by atoms with van der Waals surface area (Å²) in [6, 6.07) is 16.9. The van der Waals surface area contributed by atoms with Crippen LogP contribution in [0.15, 0.2) is 59.2 Å². The van der Waals surface area contributed by atoms with Crippen molar-refractivity contribution in [3.05, 3.63) is 64.8 Å². The van der Waals surface area contributed by atoms with E-state index in [1.165, 1.54) is 16.5 Å². The molecule has 0 aliphatic carbocycles. The third-order valence-corrected chi connectivity index (χ3v) is 4.67. The number of para-hydroxylation sites is 1. The topological polar surface area (TPSA) is 14.2 Å². The molecule has 3 aromatic rings. The number of fused-ring (bicyclic) bond motifs is 2. The number of benzene rings is 2. The van der Waals surface area contributed by atoms with E-state index < -0.39 is 0 Å². The molecule has 0 fully saturated rings. The van der Waals surface area contributed by atoms with Crippen molar-refractivity contribution in [1.29, 1.82) is 0 Å². The maximum absolute atomic E-state index is 5.77. The van der Waals surface area contributed by atoms with Crippen LogP contribution < -0.4 is 4.74 Å². The van der Waals surface area contributed by atoms with Gasteiger partial charge >= 0.3 is 0 Å². The average Bonchev–Trinajstić information content (AvgIpc) is 3.06. The molecule has 0 saturated heterocycles. The number of nitrogens with zero attached hydrogens (tertiary/aromatic N) is 1. The standard InChI is InChI=1S/C17H14BrNO/c18-15-5-3-6-16-14(15)8-9-19(16)10-12-11-20-17-7-2-1-4-13(12)17/h1-9,12H,10-11H2. The van der Waals surface area contributed by atoms with Crippen LogP contribution in [0.2, 0.25) is 0 Å². The van der Waals surface area contributed by atoms with E-state index in [2.05, 4.69) is 69.2 Å². The molecule has 0 spiro atoms. The van der Waals surface area contributed by atoms with Gasteiger partial charge in [0.2, 0.25) is 0 Å². The molecule has 3 heteroatoms. The van der Waals surface area contributed by atoms with Crippen LogP contribution in [0.25, 0.3) is 10.9 Å². The van der Waals surface area contributed by atoms with E-state index in [9.17, 15) is 0 Å². The van der Waals surface area contributed by atoms with Crippen LogP contribution in [0.3, 0.4) is 0 Å². The van der Waals surface area contributed by atoms with Gasteiger partial charge in [-0.3, -0.25) is 0 Å². The predicted octanol–water partition coefficient (Wildman–Crippen LogP) is 4.58. The van der Waals surface area contributed by atoms with Crippen molar-refractivity contribution in [2.45, 2.75) is 12.5 Å². The van der Waals surface area contributed by atoms with E-state index in [1.54, 1.807) is 0 Å². The summed E-state index contributed by atoms with van der Waals surface area (Å²) in [6.45, 7) is 1.73. The van der Waals surface area contributed by atoms with Crippen LogP contribution in [-0.2, 0) is 6.54 Å². The fourth-order valence-electron chi connectivity index (χ4n) is 2.96. The first kappa shape index (κ1) is 12.0. The minimum absolute atomic E-state index is 0.431. The molecule has 1 atom stereocenters. The predicted molar refractivity (Wildman–Crippen MR) is 84.3 cm³/mol. The third kappa shape index (κ3) is 1.85. The Hall–Kier alpha value is -1.74. The monoisotopic (exact) mass is 327 g/mol. The van der Waals surface area contributed by atoms with Gasteiger partial charge in [-0.05, 0) is 24.3 Å². The molecule has 0 amide bonds. The maximum atomic E-state index is 5.77. The molecule has 0 saturated carbocycles. The lowest BCUT2D eigenvalue weighted by atomic mass is 10.0. The summed E-state index contributed by atoms with van der Waals surface area (Å²) >= 11 is 3.61. The molecule has 1 aliphatic heterocycles. The molecule has 4 rings (SSSR count). The van der Waals surface area contributed by atoms with Crippen LogP contribution in [0.5, 0.6) is 5.75 Å². The lowest BCUT2D eigenvalue weighted by molar-refractivity contribution is 0.320. The maximum Gasteiger partial charge on any atom is 0.122 e. The van der Waals surface area contributed by atoms with Crippen molar-refractivity contribution in [2.75, 3.05) is 6.61 Å². The zero-order valence-electron chi connectivity index (χ0n) is 10.9. The highest BCUT2D eigenvalue weighted by molar-refractivity contribution is 9.10. The van der Waals surface area contributed by atoms with Gasteiger partial charge in [0, 0.05) is 39.6 Å². The van der Waals surface area contributed by atoms with Crippen molar-refractivity contribution in [3.8, 4) is 5.75 Å². The largest absolute Gasteiger partial charge is 0.493 e. The van der Waals surface area contributed by atoms with Crippen molar-refractivity contribution < 1.29 is 4.74 Å². The van der Waals surface area contributed by atoms with Gasteiger partial charge in [0.1, 0.15) is 5.75 Å². The lowest BCUT2D eigenvalue weighted by Gasteiger charge is -2.11. The van der Waals surface area contributed by atoms with Gasteiger partial charge in [-0.25, -0.2) is 0 Å². The normalized spacial score (nSPS) is 17.1. The van der Waals surface area contributed by atoms with Gasteiger partial charge in [-0.1, -0.05) is 40.2 Å². The Morgan fingerprint density at radius 2 is 2.00 bits per heavy atom. The second kappa shape index (κ2) is 4.67. The second-order valence-corrected chi connectivity index (χ2v) is 6.04. The van der Waals surface area contributed by atoms with Gasteiger partial charge in [0.05, 0.1) is 6.61 Å². The number of hydrogen-bond donors (Lipinski definition) is 0.